The van der Waals surface area contributed by atoms with Crippen molar-refractivity contribution in [1.29, 1.82) is 0 Å². The summed E-state index contributed by atoms with van der Waals surface area (Å²) in [6.45, 7) is 4.33. The Bertz CT molecular complexity index is 1790. The molecule has 0 spiro atoms. The molecular weight excluding hydrogens is 489 g/mol. The van der Waals surface area contributed by atoms with Gasteiger partial charge < -0.3 is 15.3 Å². The van der Waals surface area contributed by atoms with Crippen LogP contribution in [0.3, 0.4) is 0 Å². The second-order valence-electron chi connectivity index (χ2n) is 10.3. The SMILES string of the molecule is Cc1ccc(Nc2c3c(=O)n(C4CC4)c(=O)n(-c4cccc(N5CC(O)C5)c4)c3c(C)c(=O)n2C)c(F)c1. The zero-order valence-electron chi connectivity index (χ0n) is 21.4. The van der Waals surface area contributed by atoms with E-state index in [1.54, 1.807) is 38.1 Å². The average Bonchev–Trinajstić information content (AvgIpc) is 3.70. The molecule has 0 bridgehead atoms. The summed E-state index contributed by atoms with van der Waals surface area (Å²) in [5.41, 5.74) is 1.14. The van der Waals surface area contributed by atoms with Gasteiger partial charge in [-0.05, 0) is 62.6 Å². The number of halogens is 1. The van der Waals surface area contributed by atoms with Gasteiger partial charge in [0.05, 0.1) is 23.0 Å². The Morgan fingerprint density at radius 2 is 1.68 bits per heavy atom. The minimum atomic E-state index is -0.522. The molecule has 1 aliphatic carbocycles. The smallest absolute Gasteiger partial charge is 0.336 e. The normalized spacial score (nSPS) is 15.7. The maximum absolute atomic E-state index is 14.8. The van der Waals surface area contributed by atoms with E-state index in [2.05, 4.69) is 5.32 Å². The number of aliphatic hydroxyl groups excluding tert-OH is 1. The van der Waals surface area contributed by atoms with Crippen LogP contribution in [0.25, 0.3) is 16.6 Å². The number of rotatable bonds is 5. The molecule has 0 atom stereocenters. The van der Waals surface area contributed by atoms with Crippen molar-refractivity contribution in [2.45, 2.75) is 38.8 Å². The lowest BCUT2D eigenvalue weighted by Gasteiger charge is -2.38. The fraction of sp³-hybridized carbons (Fsp3) is 0.321. The number of pyridine rings is 1. The molecule has 38 heavy (non-hydrogen) atoms. The van der Waals surface area contributed by atoms with Gasteiger partial charge in [-0.2, -0.15) is 0 Å². The van der Waals surface area contributed by atoms with Crippen LogP contribution in [0.2, 0.25) is 0 Å². The topological polar surface area (TPSA) is 102 Å². The molecule has 4 aromatic rings. The summed E-state index contributed by atoms with van der Waals surface area (Å²) in [5, 5.41) is 12.9. The van der Waals surface area contributed by atoms with Crippen molar-refractivity contribution < 1.29 is 9.50 Å². The molecule has 1 saturated heterocycles. The molecule has 2 N–H and O–H groups in total. The predicted molar refractivity (Wildman–Crippen MR) is 145 cm³/mol. The molecule has 0 unspecified atom stereocenters. The molecule has 2 aromatic heterocycles. The first-order chi connectivity index (χ1) is 18.2. The van der Waals surface area contributed by atoms with E-state index < -0.39 is 28.7 Å². The van der Waals surface area contributed by atoms with Crippen LogP contribution in [-0.4, -0.2) is 38.0 Å². The predicted octanol–water partition coefficient (Wildman–Crippen LogP) is 2.87. The number of nitrogens with one attached hydrogen (secondary N) is 1. The Labute approximate surface area is 217 Å². The van der Waals surface area contributed by atoms with Crippen molar-refractivity contribution in [3.8, 4) is 5.69 Å². The summed E-state index contributed by atoms with van der Waals surface area (Å²) >= 11 is 0. The zero-order valence-corrected chi connectivity index (χ0v) is 21.4. The van der Waals surface area contributed by atoms with Crippen molar-refractivity contribution in [2.24, 2.45) is 7.05 Å². The van der Waals surface area contributed by atoms with Crippen molar-refractivity contribution in [3.63, 3.8) is 0 Å². The Balaban J connectivity index is 1.68. The van der Waals surface area contributed by atoms with Crippen molar-refractivity contribution in [2.75, 3.05) is 23.3 Å². The Hall–Kier alpha value is -4.18. The van der Waals surface area contributed by atoms with E-state index in [-0.39, 0.29) is 34.0 Å². The maximum Gasteiger partial charge on any atom is 0.336 e. The van der Waals surface area contributed by atoms with Gasteiger partial charge in [-0.25, -0.2) is 9.18 Å². The first-order valence-corrected chi connectivity index (χ1v) is 12.6. The lowest BCUT2D eigenvalue weighted by molar-refractivity contribution is 0.142. The molecule has 10 heteroatoms. The molecule has 2 aromatic carbocycles. The molecule has 3 heterocycles. The summed E-state index contributed by atoms with van der Waals surface area (Å²) < 4.78 is 18.8. The molecule has 1 aliphatic heterocycles. The van der Waals surface area contributed by atoms with Gasteiger partial charge in [0, 0.05) is 37.4 Å². The second kappa shape index (κ2) is 8.70. The van der Waals surface area contributed by atoms with Gasteiger partial charge in [0.2, 0.25) is 0 Å². The van der Waals surface area contributed by atoms with Gasteiger partial charge in [-0.15, -0.1) is 0 Å². The van der Waals surface area contributed by atoms with Crippen LogP contribution in [0.4, 0.5) is 21.6 Å². The first kappa shape index (κ1) is 24.2. The maximum atomic E-state index is 14.8. The number of hydrogen-bond donors (Lipinski definition) is 2. The number of aliphatic hydroxyl groups is 1. The number of nitrogens with zero attached hydrogens (tertiary/aromatic N) is 4. The Kier molecular flexibility index (Phi) is 5.53. The molecule has 0 radical (unpaired) electrons. The van der Waals surface area contributed by atoms with Gasteiger partial charge in [0.25, 0.3) is 11.1 Å². The van der Waals surface area contributed by atoms with Crippen LogP contribution in [0.5, 0.6) is 0 Å². The molecule has 1 saturated carbocycles. The van der Waals surface area contributed by atoms with E-state index in [1.165, 1.54) is 26.8 Å². The third-order valence-corrected chi connectivity index (χ3v) is 7.45. The highest BCUT2D eigenvalue weighted by atomic mass is 19.1. The molecule has 9 nitrogen and oxygen atoms in total. The average molecular weight is 518 g/mol. The molecule has 2 fully saturated rings. The van der Waals surface area contributed by atoms with Gasteiger partial charge in [-0.1, -0.05) is 12.1 Å². The number of hydrogen-bond acceptors (Lipinski definition) is 6. The highest BCUT2D eigenvalue weighted by Gasteiger charge is 2.32. The van der Waals surface area contributed by atoms with Gasteiger partial charge >= 0.3 is 5.69 Å². The molecule has 2 aliphatic rings. The van der Waals surface area contributed by atoms with Gasteiger partial charge in [0.15, 0.2) is 0 Å². The quantitative estimate of drug-likeness (QED) is 0.422. The van der Waals surface area contributed by atoms with Crippen LogP contribution in [0.15, 0.2) is 56.8 Å². The fourth-order valence-electron chi connectivity index (χ4n) is 5.20. The van der Waals surface area contributed by atoms with Crippen LogP contribution in [0.1, 0.15) is 30.0 Å². The summed E-state index contributed by atoms with van der Waals surface area (Å²) in [7, 11) is 1.52. The summed E-state index contributed by atoms with van der Waals surface area (Å²) in [6.07, 6.45) is 0.999. The van der Waals surface area contributed by atoms with Crippen molar-refractivity contribution in [3.05, 3.63) is 90.6 Å². The summed E-state index contributed by atoms with van der Waals surface area (Å²) in [4.78, 5) is 43.2. The Morgan fingerprint density at radius 1 is 0.974 bits per heavy atom. The standard InChI is InChI=1S/C28H28FN5O4/c1-15-7-10-22(21(29)11-15)30-25-23-24(16(2)26(36)31(25)3)33(28(38)34(27(23)37)17-8-9-17)19-6-4-5-18(12-19)32-13-20(35)14-32/h4-7,10-12,17,20,30,35H,8-9,13-14H2,1-3H3. The van der Waals surface area contributed by atoms with E-state index in [0.29, 0.717) is 31.6 Å². The minimum Gasteiger partial charge on any atom is -0.389 e. The highest BCUT2D eigenvalue weighted by Crippen LogP contribution is 2.34. The number of β-amino-alcohol motifs (C(OH)–C–C–N with tert-alkyl or cyclic N) is 1. The van der Waals surface area contributed by atoms with E-state index in [1.807, 2.05) is 17.0 Å². The molecule has 6 rings (SSSR count). The van der Waals surface area contributed by atoms with Gasteiger partial charge in [-0.3, -0.25) is 23.3 Å². The largest absolute Gasteiger partial charge is 0.389 e. The second-order valence-corrected chi connectivity index (χ2v) is 10.3. The monoisotopic (exact) mass is 517 g/mol. The summed E-state index contributed by atoms with van der Waals surface area (Å²) in [6, 6.07) is 11.7. The first-order valence-electron chi connectivity index (χ1n) is 12.6. The third-order valence-electron chi connectivity index (χ3n) is 7.45. The number of benzene rings is 2. The van der Waals surface area contributed by atoms with Gasteiger partial charge in [0.1, 0.15) is 17.0 Å². The third kappa shape index (κ3) is 3.75. The Morgan fingerprint density at radius 3 is 2.34 bits per heavy atom. The van der Waals surface area contributed by atoms with E-state index in [9.17, 15) is 23.9 Å². The molecule has 196 valence electrons. The number of aryl methyl sites for hydroxylation is 2. The van der Waals surface area contributed by atoms with E-state index in [4.69, 9.17) is 0 Å². The zero-order chi connectivity index (χ0) is 26.9. The minimum absolute atomic E-state index is 0.115. The van der Waals surface area contributed by atoms with Crippen LogP contribution in [-0.2, 0) is 7.05 Å². The van der Waals surface area contributed by atoms with Crippen molar-refractivity contribution in [1.82, 2.24) is 13.7 Å². The lowest BCUT2D eigenvalue weighted by atomic mass is 10.1. The van der Waals surface area contributed by atoms with Crippen molar-refractivity contribution >= 4 is 28.1 Å². The molecular formula is C28H28FN5O4. The fourth-order valence-corrected chi connectivity index (χ4v) is 5.20. The van der Waals surface area contributed by atoms with E-state index in [0.717, 1.165) is 11.3 Å². The van der Waals surface area contributed by atoms with E-state index >= 15 is 0 Å². The number of anilines is 3. The highest BCUT2D eigenvalue weighted by molar-refractivity contribution is 5.93. The van der Waals surface area contributed by atoms with Crippen LogP contribution < -0.4 is 27.0 Å². The van der Waals surface area contributed by atoms with Crippen LogP contribution in [0, 0.1) is 19.7 Å². The lowest BCUT2D eigenvalue weighted by Crippen LogP contribution is -2.50. The molecule has 0 amide bonds. The number of aromatic nitrogens is 3. The summed E-state index contributed by atoms with van der Waals surface area (Å²) in [5.74, 6) is -0.403. The van der Waals surface area contributed by atoms with Crippen LogP contribution >= 0.6 is 0 Å². The number of fused-ring (bicyclic) bond motifs is 1.